The molecular weight excluding hydrogens is 272 g/mol. The molecule has 2 rings (SSSR count). The highest BCUT2D eigenvalue weighted by molar-refractivity contribution is 6.34. The molecule has 6 nitrogen and oxygen atoms in total. The predicted octanol–water partition coefficient (Wildman–Crippen LogP) is 1.20. The molecule has 0 aromatic heterocycles. The Kier molecular flexibility index (Phi) is 3.92. The normalized spacial score (nSPS) is 14.6. The van der Waals surface area contributed by atoms with Crippen LogP contribution in [-0.4, -0.2) is 37.2 Å². The van der Waals surface area contributed by atoms with Crippen LogP contribution in [0, 0.1) is 5.92 Å². The number of anilines is 1. The van der Waals surface area contributed by atoms with Gasteiger partial charge in [0.15, 0.2) is 0 Å². The van der Waals surface area contributed by atoms with E-state index in [1.165, 1.54) is 19.2 Å². The van der Waals surface area contributed by atoms with Gasteiger partial charge in [0.1, 0.15) is 11.3 Å². The van der Waals surface area contributed by atoms with Crippen molar-refractivity contribution in [3.63, 3.8) is 0 Å². The number of aromatic carboxylic acids is 1. The molecule has 1 heterocycles. The van der Waals surface area contributed by atoms with Crippen LogP contribution in [-0.2, 0) is 4.79 Å². The molecule has 0 atom stereocenters. The summed E-state index contributed by atoms with van der Waals surface area (Å²) in [5, 5.41) is 14.8. The minimum absolute atomic E-state index is 0.0455. The second kappa shape index (κ2) is 5.46. The Morgan fingerprint density at radius 3 is 2.63 bits per heavy atom. The van der Waals surface area contributed by atoms with Crippen molar-refractivity contribution in [2.45, 2.75) is 0 Å². The maximum Gasteiger partial charge on any atom is 0.339 e. The number of rotatable bonds is 4. The summed E-state index contributed by atoms with van der Waals surface area (Å²) in [4.78, 5) is 22.8. The van der Waals surface area contributed by atoms with Gasteiger partial charge in [-0.05, 0) is 6.07 Å². The molecule has 0 radical (unpaired) electrons. The van der Waals surface area contributed by atoms with Gasteiger partial charge in [-0.25, -0.2) is 4.79 Å². The van der Waals surface area contributed by atoms with Crippen molar-refractivity contribution in [3.05, 3.63) is 22.7 Å². The van der Waals surface area contributed by atoms with Crippen LogP contribution >= 0.6 is 11.6 Å². The van der Waals surface area contributed by atoms with Gasteiger partial charge in [0.25, 0.3) is 0 Å². The zero-order valence-corrected chi connectivity index (χ0v) is 11.0. The standard InChI is InChI=1S/C12H13ClN2O4/c1-19-10-3-9(8(13)2-7(10)12(17)18)15-11(16)6-4-14-5-6/h2-3,6,14H,4-5H2,1H3,(H,15,16)(H,17,18). The van der Waals surface area contributed by atoms with Gasteiger partial charge in [0.05, 0.1) is 23.7 Å². The summed E-state index contributed by atoms with van der Waals surface area (Å²) in [5.41, 5.74) is 0.302. The van der Waals surface area contributed by atoms with Crippen LogP contribution in [0.2, 0.25) is 5.02 Å². The summed E-state index contributed by atoms with van der Waals surface area (Å²) >= 11 is 5.96. The van der Waals surface area contributed by atoms with Crippen LogP contribution in [0.25, 0.3) is 0 Å². The first-order chi connectivity index (χ1) is 9.02. The van der Waals surface area contributed by atoms with Crippen molar-refractivity contribution in [2.24, 2.45) is 5.92 Å². The van der Waals surface area contributed by atoms with Gasteiger partial charge in [0.2, 0.25) is 5.91 Å². The first kappa shape index (κ1) is 13.6. The highest BCUT2D eigenvalue weighted by Crippen LogP contribution is 2.31. The van der Waals surface area contributed by atoms with Crippen molar-refractivity contribution < 1.29 is 19.4 Å². The monoisotopic (exact) mass is 284 g/mol. The SMILES string of the molecule is COc1cc(NC(=O)C2CNC2)c(Cl)cc1C(=O)O. The van der Waals surface area contributed by atoms with E-state index >= 15 is 0 Å². The molecular formula is C12H13ClN2O4. The molecule has 0 spiro atoms. The third-order valence-electron chi connectivity index (χ3n) is 2.93. The van der Waals surface area contributed by atoms with Crippen molar-refractivity contribution in [3.8, 4) is 5.75 Å². The summed E-state index contributed by atoms with van der Waals surface area (Å²) in [7, 11) is 1.36. The summed E-state index contributed by atoms with van der Waals surface area (Å²) in [6.07, 6.45) is 0. The van der Waals surface area contributed by atoms with Gasteiger partial charge in [-0.15, -0.1) is 0 Å². The first-order valence-corrected chi connectivity index (χ1v) is 6.03. The Hall–Kier alpha value is -1.79. The average Bonchev–Trinajstić information content (AvgIpc) is 2.28. The third-order valence-corrected chi connectivity index (χ3v) is 3.24. The number of benzene rings is 1. The molecule has 1 aliphatic heterocycles. The average molecular weight is 285 g/mol. The van der Waals surface area contributed by atoms with E-state index in [2.05, 4.69) is 10.6 Å². The highest BCUT2D eigenvalue weighted by atomic mass is 35.5. The number of amides is 1. The Labute approximate surface area is 114 Å². The Morgan fingerprint density at radius 2 is 2.16 bits per heavy atom. The smallest absolute Gasteiger partial charge is 0.339 e. The van der Waals surface area contributed by atoms with Crippen molar-refractivity contribution >= 4 is 29.2 Å². The van der Waals surface area contributed by atoms with Crippen LogP contribution in [0.5, 0.6) is 5.75 Å². The molecule has 0 aliphatic carbocycles. The Balaban J connectivity index is 2.25. The molecule has 0 unspecified atom stereocenters. The molecule has 1 aliphatic rings. The summed E-state index contributed by atoms with van der Waals surface area (Å²) < 4.78 is 4.98. The molecule has 7 heteroatoms. The number of carboxylic acids is 1. The van der Waals surface area contributed by atoms with Crippen LogP contribution in [0.3, 0.4) is 0 Å². The van der Waals surface area contributed by atoms with Gasteiger partial charge in [-0.1, -0.05) is 11.6 Å². The molecule has 1 aromatic rings. The number of hydrogen-bond acceptors (Lipinski definition) is 4. The van der Waals surface area contributed by atoms with E-state index in [1.54, 1.807) is 0 Å². The van der Waals surface area contributed by atoms with E-state index in [4.69, 9.17) is 21.4 Å². The van der Waals surface area contributed by atoms with Gasteiger partial charge < -0.3 is 20.5 Å². The zero-order valence-electron chi connectivity index (χ0n) is 10.2. The maximum absolute atomic E-state index is 11.8. The highest BCUT2D eigenvalue weighted by Gasteiger charge is 2.26. The Morgan fingerprint density at radius 1 is 1.47 bits per heavy atom. The molecule has 0 bridgehead atoms. The molecule has 1 saturated heterocycles. The number of ether oxygens (including phenoxy) is 1. The number of carbonyl (C=O) groups excluding carboxylic acids is 1. The van der Waals surface area contributed by atoms with Gasteiger partial charge in [-0.2, -0.15) is 0 Å². The fraction of sp³-hybridized carbons (Fsp3) is 0.333. The van der Waals surface area contributed by atoms with E-state index in [9.17, 15) is 9.59 Å². The number of carboxylic acid groups (broad SMARTS) is 1. The predicted molar refractivity (Wildman–Crippen MR) is 70.0 cm³/mol. The topological polar surface area (TPSA) is 87.7 Å². The fourth-order valence-corrected chi connectivity index (χ4v) is 1.90. The lowest BCUT2D eigenvalue weighted by atomic mass is 10.0. The number of methoxy groups -OCH3 is 1. The minimum atomic E-state index is -1.14. The van der Waals surface area contributed by atoms with E-state index in [0.717, 1.165) is 0 Å². The molecule has 3 N–H and O–H groups in total. The molecule has 1 fully saturated rings. The Bertz CT molecular complexity index is 529. The minimum Gasteiger partial charge on any atom is -0.496 e. The van der Waals surface area contributed by atoms with Crippen molar-refractivity contribution in [1.82, 2.24) is 5.32 Å². The molecule has 1 aromatic carbocycles. The van der Waals surface area contributed by atoms with Crippen LogP contribution in [0.15, 0.2) is 12.1 Å². The summed E-state index contributed by atoms with van der Waals surface area (Å²) in [6, 6.07) is 2.67. The van der Waals surface area contributed by atoms with Gasteiger partial charge >= 0.3 is 5.97 Å². The lowest BCUT2D eigenvalue weighted by Crippen LogP contribution is -2.48. The number of halogens is 1. The number of carbonyl (C=O) groups is 2. The largest absolute Gasteiger partial charge is 0.496 e. The first-order valence-electron chi connectivity index (χ1n) is 5.65. The second-order valence-electron chi connectivity index (χ2n) is 4.18. The summed E-state index contributed by atoms with van der Waals surface area (Å²) in [5.74, 6) is -1.22. The number of nitrogens with one attached hydrogen (secondary N) is 2. The zero-order chi connectivity index (χ0) is 14.0. The van der Waals surface area contributed by atoms with Crippen LogP contribution in [0.4, 0.5) is 5.69 Å². The fourth-order valence-electron chi connectivity index (χ4n) is 1.69. The van der Waals surface area contributed by atoms with Crippen LogP contribution in [0.1, 0.15) is 10.4 Å². The van der Waals surface area contributed by atoms with E-state index in [1.807, 2.05) is 0 Å². The van der Waals surface area contributed by atoms with Crippen molar-refractivity contribution in [2.75, 3.05) is 25.5 Å². The van der Waals surface area contributed by atoms with E-state index < -0.39 is 5.97 Å². The second-order valence-corrected chi connectivity index (χ2v) is 4.59. The lowest BCUT2D eigenvalue weighted by molar-refractivity contribution is -0.121. The van der Waals surface area contributed by atoms with Crippen molar-refractivity contribution in [1.29, 1.82) is 0 Å². The van der Waals surface area contributed by atoms with E-state index in [-0.39, 0.29) is 28.2 Å². The third kappa shape index (κ3) is 2.80. The molecule has 102 valence electrons. The van der Waals surface area contributed by atoms with Crippen LogP contribution < -0.4 is 15.4 Å². The summed E-state index contributed by atoms with van der Waals surface area (Å²) in [6.45, 7) is 1.27. The quantitative estimate of drug-likeness (QED) is 0.773. The van der Waals surface area contributed by atoms with Gasteiger partial charge in [-0.3, -0.25) is 4.79 Å². The molecule has 1 amide bonds. The van der Waals surface area contributed by atoms with E-state index in [0.29, 0.717) is 18.8 Å². The maximum atomic E-state index is 11.8. The number of hydrogen-bond donors (Lipinski definition) is 3. The van der Waals surface area contributed by atoms with Gasteiger partial charge in [0, 0.05) is 19.2 Å². The molecule has 19 heavy (non-hydrogen) atoms. The molecule has 0 saturated carbocycles. The lowest BCUT2D eigenvalue weighted by Gasteiger charge is -2.26.